The molecule has 4 N–H and O–H groups in total. The van der Waals surface area contributed by atoms with Gasteiger partial charge in [-0.1, -0.05) is 60.7 Å². The van der Waals surface area contributed by atoms with E-state index in [9.17, 15) is 24.3 Å². The van der Waals surface area contributed by atoms with Crippen LogP contribution in [-0.2, 0) is 30.4 Å². The van der Waals surface area contributed by atoms with Gasteiger partial charge in [-0.3, -0.25) is 24.5 Å². The van der Waals surface area contributed by atoms with Crippen LogP contribution in [-0.4, -0.2) is 91.7 Å². The zero-order valence-corrected chi connectivity index (χ0v) is 32.4. The molecule has 1 fully saturated rings. The number of nitrogens with zero attached hydrogens (tertiary/aromatic N) is 1. The van der Waals surface area contributed by atoms with Crippen LogP contribution in [0.5, 0.6) is 11.5 Å². The molecule has 2 aliphatic rings. The Morgan fingerprint density at radius 1 is 0.789 bits per heavy atom. The van der Waals surface area contributed by atoms with Crippen molar-refractivity contribution in [2.75, 3.05) is 57.3 Å². The topological polar surface area (TPSA) is 156 Å². The average Bonchev–Trinajstić information content (AvgIpc) is 3.56. The van der Waals surface area contributed by atoms with Gasteiger partial charge in [0.25, 0.3) is 5.91 Å². The van der Waals surface area contributed by atoms with Gasteiger partial charge in [-0.15, -0.1) is 11.6 Å². The second kappa shape index (κ2) is 20.5. The molecular formula is C44H47ClN4O8. The summed E-state index contributed by atoms with van der Waals surface area (Å²) < 4.78 is 17.2. The van der Waals surface area contributed by atoms with E-state index in [1.807, 2.05) is 60.7 Å². The third-order valence-corrected chi connectivity index (χ3v) is 9.94. The summed E-state index contributed by atoms with van der Waals surface area (Å²) in [6, 6.07) is 29.9. The molecular weight excluding hydrogens is 748 g/mol. The summed E-state index contributed by atoms with van der Waals surface area (Å²) in [5.74, 6) is 0.228. The predicted octanol–water partition coefficient (Wildman–Crippen LogP) is 5.77. The van der Waals surface area contributed by atoms with Crippen LogP contribution < -0.4 is 20.7 Å². The van der Waals surface area contributed by atoms with Gasteiger partial charge < -0.3 is 34.9 Å². The van der Waals surface area contributed by atoms with Crippen molar-refractivity contribution in [1.29, 1.82) is 0 Å². The molecule has 0 saturated carbocycles. The number of phenols is 1. The first-order valence-electron chi connectivity index (χ1n) is 19.1. The Morgan fingerprint density at radius 3 is 2.23 bits per heavy atom. The summed E-state index contributed by atoms with van der Waals surface area (Å²) in [6.45, 7) is 2.80. The molecule has 0 aromatic heterocycles. The van der Waals surface area contributed by atoms with E-state index in [2.05, 4.69) is 28.1 Å². The van der Waals surface area contributed by atoms with Crippen LogP contribution in [0.2, 0.25) is 0 Å². The van der Waals surface area contributed by atoms with Crippen LogP contribution in [0.3, 0.4) is 0 Å². The lowest BCUT2D eigenvalue weighted by Crippen LogP contribution is -2.52. The smallest absolute Gasteiger partial charge is 0.255 e. The number of rotatable bonds is 20. The van der Waals surface area contributed by atoms with Gasteiger partial charge in [-0.05, 0) is 77.1 Å². The second-order valence-electron chi connectivity index (χ2n) is 13.6. The van der Waals surface area contributed by atoms with Gasteiger partial charge in [0.15, 0.2) is 0 Å². The maximum Gasteiger partial charge on any atom is 0.255 e. The zero-order valence-electron chi connectivity index (χ0n) is 31.6. The fourth-order valence-electron chi connectivity index (χ4n) is 6.95. The number of ether oxygens (including phenoxy) is 3. The average molecular weight is 795 g/mol. The van der Waals surface area contributed by atoms with Crippen LogP contribution >= 0.6 is 11.6 Å². The summed E-state index contributed by atoms with van der Waals surface area (Å²) in [5, 5.41) is 18.4. The number of alkyl halides is 1. The minimum absolute atomic E-state index is 0.138. The van der Waals surface area contributed by atoms with Crippen LogP contribution in [0.1, 0.15) is 58.3 Å². The van der Waals surface area contributed by atoms with E-state index >= 15 is 0 Å². The highest BCUT2D eigenvalue weighted by molar-refractivity contribution is 6.18. The van der Waals surface area contributed by atoms with Gasteiger partial charge in [-0.2, -0.15) is 0 Å². The number of aromatic hydroxyl groups is 1. The van der Waals surface area contributed by atoms with Crippen molar-refractivity contribution in [3.05, 3.63) is 125 Å². The fourth-order valence-corrected chi connectivity index (χ4v) is 7.14. The first-order chi connectivity index (χ1) is 27.8. The molecule has 1 unspecified atom stereocenters. The SMILES string of the molecule is O=C(CCOCCOCCNc1cccc2c1CN(C1CCC(=O)NC1=O)C2=O)NCCOc1ccc(C(=C(CCCl)c2ccccc2)c2ccc(O)cc2)cc1. The molecule has 12 nitrogen and oxygen atoms in total. The second-order valence-corrected chi connectivity index (χ2v) is 13.9. The minimum Gasteiger partial charge on any atom is -0.508 e. The number of hydrogen-bond acceptors (Lipinski definition) is 9. The number of hydrogen-bond donors (Lipinski definition) is 4. The van der Waals surface area contributed by atoms with Crippen molar-refractivity contribution in [3.63, 3.8) is 0 Å². The molecule has 0 bridgehead atoms. The van der Waals surface area contributed by atoms with Crippen molar-refractivity contribution in [2.45, 2.75) is 38.3 Å². The third kappa shape index (κ3) is 11.0. The van der Waals surface area contributed by atoms with Crippen molar-refractivity contribution < 1.29 is 38.5 Å². The molecule has 1 saturated heterocycles. The number of carbonyl (C=O) groups is 4. The number of imide groups is 1. The molecule has 13 heteroatoms. The van der Waals surface area contributed by atoms with Gasteiger partial charge in [0.2, 0.25) is 17.7 Å². The molecule has 4 amide bonds. The molecule has 2 heterocycles. The lowest BCUT2D eigenvalue weighted by Gasteiger charge is -2.29. The van der Waals surface area contributed by atoms with E-state index in [1.54, 1.807) is 24.3 Å². The minimum atomic E-state index is -0.660. The van der Waals surface area contributed by atoms with E-state index in [4.69, 9.17) is 25.8 Å². The number of nitrogens with one attached hydrogen (secondary N) is 3. The van der Waals surface area contributed by atoms with E-state index in [-0.39, 0.29) is 42.9 Å². The maximum atomic E-state index is 13.0. The monoisotopic (exact) mass is 794 g/mol. The van der Waals surface area contributed by atoms with E-state index in [0.29, 0.717) is 76.1 Å². The van der Waals surface area contributed by atoms with E-state index in [0.717, 1.165) is 39.1 Å². The Balaban J connectivity index is 0.859. The Hall–Kier alpha value is -5.69. The number of benzene rings is 4. The van der Waals surface area contributed by atoms with Crippen LogP contribution in [0.15, 0.2) is 97.1 Å². The van der Waals surface area contributed by atoms with Crippen LogP contribution in [0.25, 0.3) is 11.1 Å². The Kier molecular flexibility index (Phi) is 14.7. The highest BCUT2D eigenvalue weighted by Crippen LogP contribution is 2.36. The molecule has 2 aliphatic heterocycles. The lowest BCUT2D eigenvalue weighted by molar-refractivity contribution is -0.137. The van der Waals surface area contributed by atoms with Gasteiger partial charge >= 0.3 is 0 Å². The van der Waals surface area contributed by atoms with Crippen molar-refractivity contribution in [2.24, 2.45) is 0 Å². The van der Waals surface area contributed by atoms with E-state index < -0.39 is 11.9 Å². The number of amides is 4. The molecule has 4 aromatic carbocycles. The standard InChI is InChI=1S/C44H47ClN4O8/c45-21-19-35(30-5-2-1-3-6-30)42(31-9-13-33(50)14-10-31)32-11-15-34(16-12-32)57-26-23-47-40(51)20-24-55-27-28-56-25-22-46-38-8-4-7-36-37(38)29-49(44(36)54)39-17-18-41(52)48-43(39)53/h1-16,39,46,50H,17-29H2,(H,47,51)(H,48,52,53). The van der Waals surface area contributed by atoms with E-state index in [1.165, 1.54) is 4.90 Å². The molecule has 57 heavy (non-hydrogen) atoms. The van der Waals surface area contributed by atoms with Gasteiger partial charge in [0.05, 0.1) is 33.0 Å². The van der Waals surface area contributed by atoms with Crippen molar-refractivity contribution in [3.8, 4) is 11.5 Å². The van der Waals surface area contributed by atoms with Crippen LogP contribution in [0, 0.1) is 0 Å². The molecule has 0 aliphatic carbocycles. The molecule has 0 radical (unpaired) electrons. The van der Waals surface area contributed by atoms with Gasteiger partial charge in [0, 0.05) is 48.6 Å². The molecule has 6 rings (SSSR count). The summed E-state index contributed by atoms with van der Waals surface area (Å²) in [6.07, 6.45) is 1.40. The summed E-state index contributed by atoms with van der Waals surface area (Å²) in [5.41, 5.74) is 7.33. The Morgan fingerprint density at radius 2 is 1.51 bits per heavy atom. The van der Waals surface area contributed by atoms with Crippen LogP contribution in [0.4, 0.5) is 5.69 Å². The van der Waals surface area contributed by atoms with Crippen molar-refractivity contribution >= 4 is 52.1 Å². The quantitative estimate of drug-likeness (QED) is 0.0378. The number of anilines is 1. The third-order valence-electron chi connectivity index (χ3n) is 9.75. The normalized spacial score (nSPS) is 15.5. The number of carbonyl (C=O) groups excluding carboxylic acids is 4. The van der Waals surface area contributed by atoms with Gasteiger partial charge in [0.1, 0.15) is 24.1 Å². The predicted molar refractivity (Wildman–Crippen MR) is 218 cm³/mol. The zero-order chi connectivity index (χ0) is 40.0. The first kappa shape index (κ1) is 41.0. The Labute approximate surface area is 337 Å². The number of piperidine rings is 1. The first-order valence-corrected chi connectivity index (χ1v) is 19.7. The molecule has 0 spiro atoms. The fraction of sp³-hybridized carbons (Fsp3) is 0.318. The number of phenolic OH excluding ortho intramolecular Hbond substituents is 1. The lowest BCUT2D eigenvalue weighted by atomic mass is 9.88. The summed E-state index contributed by atoms with van der Waals surface area (Å²) in [7, 11) is 0. The van der Waals surface area contributed by atoms with Crippen molar-refractivity contribution in [1.82, 2.24) is 15.5 Å². The Bertz CT molecular complexity index is 2040. The molecule has 1 atom stereocenters. The maximum absolute atomic E-state index is 13.0. The highest BCUT2D eigenvalue weighted by Gasteiger charge is 2.39. The largest absolute Gasteiger partial charge is 0.508 e. The number of fused-ring (bicyclic) bond motifs is 1. The summed E-state index contributed by atoms with van der Waals surface area (Å²) in [4.78, 5) is 50.8. The molecule has 298 valence electrons. The number of halogens is 1. The number of allylic oxidation sites excluding steroid dienone is 1. The highest BCUT2D eigenvalue weighted by atomic mass is 35.5. The van der Waals surface area contributed by atoms with Gasteiger partial charge in [-0.25, -0.2) is 0 Å². The summed E-state index contributed by atoms with van der Waals surface area (Å²) >= 11 is 6.27. The molecule has 4 aromatic rings.